The van der Waals surface area contributed by atoms with Crippen molar-refractivity contribution in [1.29, 1.82) is 0 Å². The molecule has 0 saturated heterocycles. The van der Waals surface area contributed by atoms with Gasteiger partial charge in [-0.1, -0.05) is 54.6 Å². The number of ether oxygens (including phenoxy) is 5. The highest BCUT2D eigenvalue weighted by atomic mass is 32.1. The van der Waals surface area contributed by atoms with Crippen LogP contribution in [0.15, 0.2) is 66.7 Å². The smallest absolute Gasteiger partial charge is 0.188 e. The zero-order chi connectivity index (χ0) is 23.2. The summed E-state index contributed by atoms with van der Waals surface area (Å²) in [5.41, 5.74) is 2.71. The predicted octanol–water partition coefficient (Wildman–Crippen LogP) is 6.49. The number of hydrogen-bond donors (Lipinski definition) is 0. The summed E-state index contributed by atoms with van der Waals surface area (Å²) in [5, 5.41) is 4.70. The summed E-state index contributed by atoms with van der Waals surface area (Å²) in [7, 11) is 3.21. The zero-order valence-electron chi connectivity index (χ0n) is 18.9. The van der Waals surface area contributed by atoms with E-state index in [1.165, 1.54) is 0 Å². The van der Waals surface area contributed by atoms with Gasteiger partial charge in [-0.25, -0.2) is 0 Å². The largest absolute Gasteiger partial charge is 0.483 e. The molecule has 5 nitrogen and oxygen atoms in total. The summed E-state index contributed by atoms with van der Waals surface area (Å²) >= 11 is 5.16. The van der Waals surface area contributed by atoms with E-state index < -0.39 is 0 Å². The Kier molecular flexibility index (Phi) is 7.40. The lowest BCUT2D eigenvalue weighted by Gasteiger charge is -2.22. The van der Waals surface area contributed by atoms with Gasteiger partial charge in [0.25, 0.3) is 0 Å². The number of hydrogen-bond acceptors (Lipinski definition) is 6. The van der Waals surface area contributed by atoms with E-state index in [4.69, 9.17) is 35.9 Å². The van der Waals surface area contributed by atoms with E-state index >= 15 is 0 Å². The van der Waals surface area contributed by atoms with E-state index in [1.807, 2.05) is 36.4 Å². The van der Waals surface area contributed by atoms with Crippen molar-refractivity contribution in [3.8, 4) is 22.6 Å². The maximum atomic E-state index is 6.19. The van der Waals surface area contributed by atoms with Gasteiger partial charge in [0.2, 0.25) is 0 Å². The Morgan fingerprint density at radius 2 is 1.39 bits per heavy atom. The molecule has 0 spiro atoms. The molecule has 0 bridgehead atoms. The van der Waals surface area contributed by atoms with Crippen molar-refractivity contribution in [2.45, 2.75) is 13.5 Å². The van der Waals surface area contributed by atoms with Crippen LogP contribution in [0.2, 0.25) is 0 Å². The van der Waals surface area contributed by atoms with Gasteiger partial charge in [0, 0.05) is 37.8 Å². The predicted molar refractivity (Wildman–Crippen MR) is 135 cm³/mol. The molecule has 0 N–H and O–H groups in total. The Balaban J connectivity index is 2.09. The molecule has 0 unspecified atom stereocenters. The summed E-state index contributed by atoms with van der Waals surface area (Å²) in [4.78, 5) is 0. The second kappa shape index (κ2) is 10.6. The summed E-state index contributed by atoms with van der Waals surface area (Å²) in [6, 6.07) is 22.5. The SMILES string of the molecule is COCOc1ccc2ccccc2c1-c1c(OCOC)c(COC(C)=S)cc2ccccc12. The van der Waals surface area contributed by atoms with E-state index in [0.717, 1.165) is 38.2 Å². The minimum atomic E-state index is 0.0912. The Bertz CT molecular complexity index is 1280. The molecule has 0 aliphatic rings. The van der Waals surface area contributed by atoms with Crippen molar-refractivity contribution in [3.63, 3.8) is 0 Å². The molecule has 4 aromatic rings. The molecule has 4 aromatic carbocycles. The monoisotopic (exact) mass is 462 g/mol. The van der Waals surface area contributed by atoms with Crippen LogP contribution in [-0.4, -0.2) is 32.9 Å². The van der Waals surface area contributed by atoms with Gasteiger partial charge in [-0.3, -0.25) is 0 Å². The average molecular weight is 463 g/mol. The fourth-order valence-corrected chi connectivity index (χ4v) is 4.02. The molecule has 0 atom stereocenters. The first-order valence-electron chi connectivity index (χ1n) is 10.6. The van der Waals surface area contributed by atoms with Crippen LogP contribution in [0.1, 0.15) is 12.5 Å². The zero-order valence-corrected chi connectivity index (χ0v) is 19.7. The fourth-order valence-electron chi connectivity index (χ4n) is 3.96. The molecule has 0 aliphatic heterocycles. The van der Waals surface area contributed by atoms with Gasteiger partial charge >= 0.3 is 0 Å². The molecule has 6 heteroatoms. The first kappa shape index (κ1) is 23.0. The summed E-state index contributed by atoms with van der Waals surface area (Å²) in [6.45, 7) is 2.26. The molecular weight excluding hydrogens is 436 g/mol. The quantitative estimate of drug-likeness (QED) is 0.209. The van der Waals surface area contributed by atoms with Crippen LogP contribution >= 0.6 is 12.2 Å². The van der Waals surface area contributed by atoms with Crippen LogP contribution in [0, 0.1) is 0 Å². The van der Waals surface area contributed by atoms with Crippen molar-refractivity contribution in [2.75, 3.05) is 27.8 Å². The summed E-state index contributed by atoms with van der Waals surface area (Å²) in [6.07, 6.45) is 0. The lowest BCUT2D eigenvalue weighted by atomic mass is 9.90. The Labute approximate surface area is 198 Å². The highest BCUT2D eigenvalue weighted by molar-refractivity contribution is 7.80. The molecule has 0 aliphatic carbocycles. The van der Waals surface area contributed by atoms with Crippen molar-refractivity contribution < 1.29 is 23.7 Å². The second-order valence-corrected chi connectivity index (χ2v) is 8.08. The number of methoxy groups -OCH3 is 2. The van der Waals surface area contributed by atoms with Crippen molar-refractivity contribution >= 4 is 38.8 Å². The Morgan fingerprint density at radius 1 is 0.758 bits per heavy atom. The van der Waals surface area contributed by atoms with Gasteiger partial charge in [-0.2, -0.15) is 0 Å². The third-order valence-electron chi connectivity index (χ3n) is 5.30. The second-order valence-electron chi connectivity index (χ2n) is 7.50. The van der Waals surface area contributed by atoms with Crippen LogP contribution in [0.3, 0.4) is 0 Å². The third-order valence-corrected chi connectivity index (χ3v) is 5.42. The molecule has 33 heavy (non-hydrogen) atoms. The van der Waals surface area contributed by atoms with Gasteiger partial charge in [-0.15, -0.1) is 0 Å². The fraction of sp³-hybridized carbons (Fsp3) is 0.222. The maximum absolute atomic E-state index is 6.19. The number of thiocarbonyl (C=S) groups is 1. The molecule has 0 heterocycles. The van der Waals surface area contributed by atoms with Gasteiger partial charge in [0.05, 0.1) is 0 Å². The van der Waals surface area contributed by atoms with Crippen LogP contribution in [-0.2, 0) is 20.8 Å². The topological polar surface area (TPSA) is 46.2 Å². The van der Waals surface area contributed by atoms with Crippen LogP contribution in [0.5, 0.6) is 11.5 Å². The minimum absolute atomic E-state index is 0.0912. The molecule has 0 radical (unpaired) electrons. The number of rotatable bonds is 9. The Morgan fingerprint density at radius 3 is 2.09 bits per heavy atom. The van der Waals surface area contributed by atoms with Crippen LogP contribution in [0.25, 0.3) is 32.7 Å². The molecule has 4 rings (SSSR count). The number of benzene rings is 4. The molecule has 0 amide bonds. The third kappa shape index (κ3) is 4.93. The van der Waals surface area contributed by atoms with Crippen molar-refractivity contribution in [1.82, 2.24) is 0 Å². The first-order chi connectivity index (χ1) is 16.1. The first-order valence-corrected chi connectivity index (χ1v) is 11.0. The molecular formula is C27H26O5S. The van der Waals surface area contributed by atoms with E-state index in [1.54, 1.807) is 21.1 Å². The average Bonchev–Trinajstić information content (AvgIpc) is 2.84. The lowest BCUT2D eigenvalue weighted by Crippen LogP contribution is -2.07. The minimum Gasteiger partial charge on any atom is -0.483 e. The molecule has 0 aromatic heterocycles. The van der Waals surface area contributed by atoms with Crippen LogP contribution in [0.4, 0.5) is 0 Å². The van der Waals surface area contributed by atoms with E-state index in [-0.39, 0.29) is 20.2 Å². The van der Waals surface area contributed by atoms with E-state index in [9.17, 15) is 0 Å². The van der Waals surface area contributed by atoms with Crippen molar-refractivity contribution in [2.24, 2.45) is 0 Å². The highest BCUT2D eigenvalue weighted by Crippen LogP contribution is 2.47. The number of fused-ring (bicyclic) bond motifs is 2. The van der Waals surface area contributed by atoms with Gasteiger partial charge in [0.15, 0.2) is 18.6 Å². The molecule has 0 saturated carbocycles. The molecule has 170 valence electrons. The summed E-state index contributed by atoms with van der Waals surface area (Å²) in [5.74, 6) is 1.37. The van der Waals surface area contributed by atoms with Crippen LogP contribution < -0.4 is 9.47 Å². The lowest BCUT2D eigenvalue weighted by molar-refractivity contribution is 0.0492. The normalized spacial score (nSPS) is 11.0. The highest BCUT2D eigenvalue weighted by Gasteiger charge is 2.22. The summed E-state index contributed by atoms with van der Waals surface area (Å²) < 4.78 is 28.4. The molecule has 0 fully saturated rings. The van der Waals surface area contributed by atoms with Gasteiger partial charge < -0.3 is 23.7 Å². The van der Waals surface area contributed by atoms with Crippen molar-refractivity contribution in [3.05, 3.63) is 72.3 Å². The standard InChI is InChI=1S/C27H26O5S/c1-18(33)30-15-21-14-20-9-5-7-11-23(20)26(27(21)32-17-29-3)25-22-10-6-4-8-19(22)12-13-24(25)31-16-28-2/h4-14H,15-17H2,1-3H3. The van der Waals surface area contributed by atoms with Gasteiger partial charge in [-0.05, 0) is 45.9 Å². The Hall–Kier alpha value is -3.19. The maximum Gasteiger partial charge on any atom is 0.188 e. The van der Waals surface area contributed by atoms with Gasteiger partial charge in [0.1, 0.15) is 18.1 Å². The van der Waals surface area contributed by atoms with E-state index in [2.05, 4.69) is 30.3 Å². The van der Waals surface area contributed by atoms with E-state index in [0.29, 0.717) is 16.5 Å².